The number of fused-ring (bicyclic) bond motifs is 1. The third-order valence-electron chi connectivity index (χ3n) is 5.80. The first-order chi connectivity index (χ1) is 16.9. The fraction of sp³-hybridized carbons (Fsp3) is 0.333. The van der Waals surface area contributed by atoms with Gasteiger partial charge in [0.05, 0.1) is 16.6 Å². The van der Waals surface area contributed by atoms with Crippen molar-refractivity contribution in [3.8, 4) is 11.5 Å². The quantitative estimate of drug-likeness (QED) is 0.262. The van der Waals surface area contributed by atoms with Gasteiger partial charge in [-0.3, -0.25) is 14.9 Å². The van der Waals surface area contributed by atoms with E-state index in [9.17, 15) is 19.7 Å². The van der Waals surface area contributed by atoms with Crippen LogP contribution in [0.25, 0.3) is 6.08 Å². The van der Waals surface area contributed by atoms with E-state index in [1.54, 1.807) is 12.1 Å². The number of likely N-dealkylation sites (N-methyl/N-ethyl adjacent to an activating group) is 1. The van der Waals surface area contributed by atoms with Crippen LogP contribution in [0.15, 0.2) is 42.5 Å². The molecule has 1 N–H and O–H groups in total. The molecule has 11 heteroatoms. The van der Waals surface area contributed by atoms with Crippen LogP contribution in [0.2, 0.25) is 0 Å². The molecule has 2 aliphatic rings. The van der Waals surface area contributed by atoms with Gasteiger partial charge in [-0.1, -0.05) is 6.92 Å². The number of carbonyl (C=O) groups excluding carboxylic acids is 2. The molecule has 0 radical (unpaired) electrons. The molecule has 35 heavy (non-hydrogen) atoms. The molecule has 1 saturated heterocycles. The zero-order valence-corrected chi connectivity index (χ0v) is 19.3. The van der Waals surface area contributed by atoms with Gasteiger partial charge in [0.25, 0.3) is 11.6 Å². The summed E-state index contributed by atoms with van der Waals surface area (Å²) >= 11 is 0. The van der Waals surface area contributed by atoms with Gasteiger partial charge in [0.15, 0.2) is 18.1 Å². The van der Waals surface area contributed by atoms with E-state index in [-0.39, 0.29) is 23.8 Å². The normalized spacial score (nSPS) is 15.3. The van der Waals surface area contributed by atoms with Crippen molar-refractivity contribution < 1.29 is 28.7 Å². The smallest absolute Gasteiger partial charge is 0.331 e. The average molecular weight is 482 g/mol. The maximum absolute atomic E-state index is 12.2. The Morgan fingerprint density at radius 3 is 2.46 bits per heavy atom. The van der Waals surface area contributed by atoms with E-state index in [2.05, 4.69) is 22.0 Å². The number of esters is 1. The van der Waals surface area contributed by atoms with E-state index in [0.29, 0.717) is 11.4 Å². The van der Waals surface area contributed by atoms with Crippen molar-refractivity contribution in [1.29, 1.82) is 0 Å². The molecule has 0 unspecified atom stereocenters. The number of nitrogens with one attached hydrogen (secondary N) is 1. The van der Waals surface area contributed by atoms with Crippen LogP contribution in [0.3, 0.4) is 0 Å². The molecule has 2 aliphatic heterocycles. The highest BCUT2D eigenvalue weighted by Crippen LogP contribution is 2.38. The van der Waals surface area contributed by atoms with E-state index in [0.717, 1.165) is 44.5 Å². The van der Waals surface area contributed by atoms with Crippen LogP contribution in [0.4, 0.5) is 17.1 Å². The number of nitrogens with zero attached hydrogens (tertiary/aromatic N) is 3. The van der Waals surface area contributed by atoms with Gasteiger partial charge < -0.3 is 29.3 Å². The summed E-state index contributed by atoms with van der Waals surface area (Å²) in [6.07, 6.45) is 2.25. The van der Waals surface area contributed by atoms with Crippen molar-refractivity contribution in [2.45, 2.75) is 6.92 Å². The summed E-state index contributed by atoms with van der Waals surface area (Å²) in [6, 6.07) is 10.1. The molecule has 184 valence electrons. The van der Waals surface area contributed by atoms with Crippen LogP contribution in [-0.2, 0) is 14.3 Å². The molecule has 2 heterocycles. The fourth-order valence-corrected chi connectivity index (χ4v) is 3.86. The van der Waals surface area contributed by atoms with Crippen LogP contribution < -0.4 is 19.7 Å². The summed E-state index contributed by atoms with van der Waals surface area (Å²) in [6.45, 7) is 6.65. The lowest BCUT2D eigenvalue weighted by Gasteiger charge is -2.35. The van der Waals surface area contributed by atoms with Crippen molar-refractivity contribution in [2.24, 2.45) is 0 Å². The van der Waals surface area contributed by atoms with Gasteiger partial charge in [-0.15, -0.1) is 0 Å². The molecular weight excluding hydrogens is 456 g/mol. The van der Waals surface area contributed by atoms with E-state index in [1.807, 2.05) is 12.1 Å². The van der Waals surface area contributed by atoms with Gasteiger partial charge in [-0.25, -0.2) is 4.79 Å². The molecule has 1 amide bonds. The third-order valence-corrected chi connectivity index (χ3v) is 5.80. The zero-order chi connectivity index (χ0) is 24.8. The second-order valence-electron chi connectivity index (χ2n) is 7.98. The SMILES string of the molecule is CCN1CCN(c2ccc(NC(=O)COC(=O)/C=C/c3cc4c(cc3[N+](=O)[O-])OCO4)cc2)CC1. The molecule has 1 fully saturated rings. The number of anilines is 2. The van der Waals surface area contributed by atoms with E-state index < -0.39 is 23.4 Å². The summed E-state index contributed by atoms with van der Waals surface area (Å²) < 4.78 is 15.3. The molecule has 0 saturated carbocycles. The summed E-state index contributed by atoms with van der Waals surface area (Å²) in [4.78, 5) is 39.6. The highest BCUT2D eigenvalue weighted by Gasteiger charge is 2.22. The molecule has 2 aromatic carbocycles. The number of benzene rings is 2. The number of piperazine rings is 1. The average Bonchev–Trinajstić information content (AvgIpc) is 3.33. The van der Waals surface area contributed by atoms with Crippen molar-refractivity contribution >= 4 is 35.0 Å². The highest BCUT2D eigenvalue weighted by atomic mass is 16.7. The number of nitro benzene ring substituents is 1. The first-order valence-corrected chi connectivity index (χ1v) is 11.2. The summed E-state index contributed by atoms with van der Waals surface area (Å²) in [5, 5.41) is 14.0. The summed E-state index contributed by atoms with van der Waals surface area (Å²) in [7, 11) is 0. The minimum atomic E-state index is -0.811. The van der Waals surface area contributed by atoms with Gasteiger partial charge in [-0.05, 0) is 43.0 Å². The molecule has 0 bridgehead atoms. The van der Waals surface area contributed by atoms with E-state index >= 15 is 0 Å². The maximum atomic E-state index is 12.2. The van der Waals surface area contributed by atoms with Gasteiger partial charge in [0.2, 0.25) is 6.79 Å². The number of ether oxygens (including phenoxy) is 3. The van der Waals surface area contributed by atoms with Gasteiger partial charge >= 0.3 is 5.97 Å². The number of nitro groups is 1. The topological polar surface area (TPSA) is 123 Å². The monoisotopic (exact) mass is 482 g/mol. The minimum Gasteiger partial charge on any atom is -0.454 e. The van der Waals surface area contributed by atoms with Crippen molar-refractivity contribution in [3.05, 3.63) is 58.2 Å². The molecule has 11 nitrogen and oxygen atoms in total. The lowest BCUT2D eigenvalue weighted by molar-refractivity contribution is -0.385. The maximum Gasteiger partial charge on any atom is 0.331 e. The van der Waals surface area contributed by atoms with Crippen LogP contribution in [0.1, 0.15) is 12.5 Å². The first kappa shape index (κ1) is 24.0. The Morgan fingerprint density at radius 2 is 1.80 bits per heavy atom. The predicted molar refractivity (Wildman–Crippen MR) is 129 cm³/mol. The molecule has 0 atom stereocenters. The van der Waals surface area contributed by atoms with Crippen LogP contribution in [0, 0.1) is 10.1 Å². The molecule has 0 aliphatic carbocycles. The first-order valence-electron chi connectivity index (χ1n) is 11.2. The largest absolute Gasteiger partial charge is 0.454 e. The van der Waals surface area contributed by atoms with E-state index in [1.165, 1.54) is 18.2 Å². The Bertz CT molecular complexity index is 1130. The number of amides is 1. The van der Waals surface area contributed by atoms with Crippen molar-refractivity contribution in [2.75, 3.05) is 56.3 Å². The summed E-state index contributed by atoms with van der Waals surface area (Å²) in [5.74, 6) is -0.698. The van der Waals surface area contributed by atoms with Crippen molar-refractivity contribution in [1.82, 2.24) is 4.90 Å². The lowest BCUT2D eigenvalue weighted by atomic mass is 10.1. The zero-order valence-electron chi connectivity index (χ0n) is 19.3. The molecular formula is C24H26N4O7. The van der Waals surface area contributed by atoms with Crippen LogP contribution in [-0.4, -0.2) is 67.8 Å². The standard InChI is InChI=1S/C24H26N4O7/c1-2-26-9-11-27(12-10-26)19-6-4-18(5-7-19)25-23(29)15-33-24(30)8-3-17-13-21-22(35-16-34-21)14-20(17)28(31)32/h3-8,13-14H,2,9-12,15-16H2,1H3,(H,25,29)/b8-3+. The second kappa shape index (κ2) is 10.9. The highest BCUT2D eigenvalue weighted by molar-refractivity contribution is 5.95. The Balaban J connectivity index is 1.26. The van der Waals surface area contributed by atoms with Crippen LogP contribution in [0.5, 0.6) is 11.5 Å². The van der Waals surface area contributed by atoms with Gasteiger partial charge in [0, 0.05) is 43.6 Å². The molecule has 4 rings (SSSR count). The van der Waals surface area contributed by atoms with E-state index in [4.69, 9.17) is 14.2 Å². The second-order valence-corrected chi connectivity index (χ2v) is 7.98. The molecule has 0 aromatic heterocycles. The van der Waals surface area contributed by atoms with Crippen LogP contribution >= 0.6 is 0 Å². The minimum absolute atomic E-state index is 0.0323. The number of rotatable bonds is 8. The predicted octanol–water partition coefficient (Wildman–Crippen LogP) is 2.66. The third kappa shape index (κ3) is 6.07. The number of hydrogen-bond acceptors (Lipinski definition) is 9. The number of carbonyl (C=O) groups is 2. The molecule has 2 aromatic rings. The fourth-order valence-electron chi connectivity index (χ4n) is 3.86. The van der Waals surface area contributed by atoms with Gasteiger partial charge in [-0.2, -0.15) is 0 Å². The lowest BCUT2D eigenvalue weighted by Crippen LogP contribution is -2.46. The number of hydrogen-bond donors (Lipinski definition) is 1. The van der Waals surface area contributed by atoms with Gasteiger partial charge in [0.1, 0.15) is 0 Å². The molecule has 0 spiro atoms. The Labute approximate surface area is 202 Å². The Morgan fingerprint density at radius 1 is 1.11 bits per heavy atom. The van der Waals surface area contributed by atoms with Crippen molar-refractivity contribution in [3.63, 3.8) is 0 Å². The Kier molecular flexibility index (Phi) is 7.46. The Hall–Kier alpha value is -4.12. The summed E-state index contributed by atoms with van der Waals surface area (Å²) in [5.41, 5.74) is 1.59.